The van der Waals surface area contributed by atoms with Gasteiger partial charge in [-0.2, -0.15) is 0 Å². The maximum Gasteiger partial charge on any atom is 0.233 e. The topological polar surface area (TPSA) is 60.2 Å². The van der Waals surface area contributed by atoms with E-state index in [2.05, 4.69) is 15.1 Å². The molecule has 1 aliphatic heterocycles. The number of carbonyl (C=O) groups excluding carboxylic acids is 1. The van der Waals surface area contributed by atoms with Gasteiger partial charge in [0.1, 0.15) is 12.1 Å². The predicted octanol–water partition coefficient (Wildman–Crippen LogP) is 3.41. The zero-order valence-corrected chi connectivity index (χ0v) is 16.5. The number of carbonyl (C=O) groups is 1. The van der Waals surface area contributed by atoms with Gasteiger partial charge in [0.15, 0.2) is 5.16 Å². The number of ether oxygens (including phenoxy) is 1. The number of thioether (sulfide) groups is 1. The number of hydrogen-bond donors (Lipinski definition) is 0. The van der Waals surface area contributed by atoms with Crippen LogP contribution in [-0.4, -0.2) is 51.5 Å². The lowest BCUT2D eigenvalue weighted by molar-refractivity contribution is -0.131. The molecule has 0 bridgehead atoms. The van der Waals surface area contributed by atoms with Gasteiger partial charge < -0.3 is 9.64 Å². The molecule has 1 amide bonds. The van der Waals surface area contributed by atoms with E-state index in [0.29, 0.717) is 11.7 Å². The SMILES string of the molecule is COc1cccc(-n2cnnc2SCC(=O)N2CC[C@H]3CCCC[C@@H]3C2)c1. The van der Waals surface area contributed by atoms with Crippen molar-refractivity contribution < 1.29 is 9.53 Å². The molecule has 2 aromatic rings. The maximum atomic E-state index is 12.7. The molecule has 144 valence electrons. The Morgan fingerprint density at radius 3 is 2.96 bits per heavy atom. The van der Waals surface area contributed by atoms with E-state index in [9.17, 15) is 4.79 Å². The highest BCUT2D eigenvalue weighted by atomic mass is 32.2. The van der Waals surface area contributed by atoms with Crippen LogP contribution in [0.4, 0.5) is 0 Å². The summed E-state index contributed by atoms with van der Waals surface area (Å²) < 4.78 is 7.19. The van der Waals surface area contributed by atoms with Crippen molar-refractivity contribution in [3.05, 3.63) is 30.6 Å². The Hall–Kier alpha value is -2.02. The van der Waals surface area contributed by atoms with Crippen LogP contribution in [0.5, 0.6) is 5.75 Å². The summed E-state index contributed by atoms with van der Waals surface area (Å²) in [7, 11) is 1.65. The second kappa shape index (κ2) is 8.33. The number of likely N-dealkylation sites (tertiary alicyclic amines) is 1. The molecule has 2 aliphatic rings. The summed E-state index contributed by atoms with van der Waals surface area (Å²) in [5, 5.41) is 8.95. The molecule has 6 nitrogen and oxygen atoms in total. The normalized spacial score (nSPS) is 22.3. The average Bonchev–Trinajstić information content (AvgIpc) is 3.20. The summed E-state index contributed by atoms with van der Waals surface area (Å²) in [6, 6.07) is 7.75. The van der Waals surface area contributed by atoms with Crippen LogP contribution in [0, 0.1) is 11.8 Å². The molecule has 1 saturated carbocycles. The van der Waals surface area contributed by atoms with Gasteiger partial charge in [0.05, 0.1) is 18.6 Å². The van der Waals surface area contributed by atoms with Crippen molar-refractivity contribution in [2.75, 3.05) is 26.0 Å². The van der Waals surface area contributed by atoms with Crippen LogP contribution in [0.1, 0.15) is 32.1 Å². The van der Waals surface area contributed by atoms with E-state index < -0.39 is 0 Å². The van der Waals surface area contributed by atoms with Crippen LogP contribution in [0.2, 0.25) is 0 Å². The van der Waals surface area contributed by atoms with Crippen LogP contribution in [-0.2, 0) is 4.79 Å². The summed E-state index contributed by atoms with van der Waals surface area (Å²) in [4.78, 5) is 14.8. The molecule has 1 saturated heterocycles. The highest BCUT2D eigenvalue weighted by molar-refractivity contribution is 7.99. The van der Waals surface area contributed by atoms with Crippen LogP contribution >= 0.6 is 11.8 Å². The van der Waals surface area contributed by atoms with E-state index in [1.165, 1.54) is 43.9 Å². The summed E-state index contributed by atoms with van der Waals surface area (Å²) in [5.41, 5.74) is 0.928. The van der Waals surface area contributed by atoms with Gasteiger partial charge in [-0.25, -0.2) is 0 Å². The van der Waals surface area contributed by atoms with E-state index in [1.807, 2.05) is 28.8 Å². The molecule has 2 fully saturated rings. The smallest absolute Gasteiger partial charge is 0.233 e. The Morgan fingerprint density at radius 2 is 2.11 bits per heavy atom. The molecule has 1 aromatic carbocycles. The number of piperidine rings is 1. The third-order valence-electron chi connectivity index (χ3n) is 5.82. The molecule has 0 N–H and O–H groups in total. The Kier molecular flexibility index (Phi) is 5.66. The number of nitrogens with zero attached hydrogens (tertiary/aromatic N) is 4. The van der Waals surface area contributed by atoms with E-state index in [-0.39, 0.29) is 5.91 Å². The van der Waals surface area contributed by atoms with Crippen LogP contribution in [0.15, 0.2) is 35.7 Å². The third kappa shape index (κ3) is 4.13. The van der Waals surface area contributed by atoms with Gasteiger partial charge in [0.2, 0.25) is 5.91 Å². The first-order valence-corrected chi connectivity index (χ1v) is 10.7. The summed E-state index contributed by atoms with van der Waals surface area (Å²) in [5.74, 6) is 2.95. The monoisotopic (exact) mass is 386 g/mol. The van der Waals surface area contributed by atoms with Gasteiger partial charge >= 0.3 is 0 Å². The average molecular weight is 387 g/mol. The third-order valence-corrected chi connectivity index (χ3v) is 6.74. The molecule has 0 radical (unpaired) electrons. The van der Waals surface area contributed by atoms with Gasteiger partial charge in [-0.3, -0.25) is 9.36 Å². The fourth-order valence-electron chi connectivity index (χ4n) is 4.31. The van der Waals surface area contributed by atoms with E-state index in [1.54, 1.807) is 13.4 Å². The quantitative estimate of drug-likeness (QED) is 0.737. The summed E-state index contributed by atoms with van der Waals surface area (Å²) in [6.07, 6.45) is 8.17. The van der Waals surface area contributed by atoms with Crippen LogP contribution < -0.4 is 4.74 Å². The van der Waals surface area contributed by atoms with Crippen molar-refractivity contribution in [1.29, 1.82) is 0 Å². The van der Waals surface area contributed by atoms with Gasteiger partial charge in [0, 0.05) is 19.2 Å². The van der Waals surface area contributed by atoms with Crippen molar-refractivity contribution in [2.45, 2.75) is 37.3 Å². The molecular formula is C20H26N4O2S. The Labute approximate surface area is 164 Å². The fourth-order valence-corrected chi connectivity index (χ4v) is 5.14. The van der Waals surface area contributed by atoms with Gasteiger partial charge in [0.25, 0.3) is 0 Å². The van der Waals surface area contributed by atoms with Crippen molar-refractivity contribution in [1.82, 2.24) is 19.7 Å². The number of benzene rings is 1. The minimum absolute atomic E-state index is 0.212. The van der Waals surface area contributed by atoms with Crippen molar-refractivity contribution in [3.63, 3.8) is 0 Å². The largest absolute Gasteiger partial charge is 0.497 e. The predicted molar refractivity (Wildman–Crippen MR) is 105 cm³/mol. The first-order chi connectivity index (χ1) is 13.2. The molecule has 0 unspecified atom stereocenters. The van der Waals surface area contributed by atoms with Gasteiger partial charge in [-0.05, 0) is 36.8 Å². The minimum atomic E-state index is 0.212. The highest BCUT2D eigenvalue weighted by Gasteiger charge is 2.32. The Balaban J connectivity index is 1.38. The highest BCUT2D eigenvalue weighted by Crippen LogP contribution is 2.36. The molecular weight excluding hydrogens is 360 g/mol. The van der Waals surface area contributed by atoms with Gasteiger partial charge in [-0.15, -0.1) is 10.2 Å². The molecule has 27 heavy (non-hydrogen) atoms. The molecule has 2 atom stereocenters. The molecule has 7 heteroatoms. The van der Waals surface area contributed by atoms with Crippen LogP contribution in [0.3, 0.4) is 0 Å². The summed E-state index contributed by atoms with van der Waals surface area (Å²) in [6.45, 7) is 1.84. The lowest BCUT2D eigenvalue weighted by Gasteiger charge is -2.41. The van der Waals surface area contributed by atoms with E-state index in [0.717, 1.165) is 35.6 Å². The van der Waals surface area contributed by atoms with Crippen LogP contribution in [0.25, 0.3) is 5.69 Å². The van der Waals surface area contributed by atoms with Crippen molar-refractivity contribution in [3.8, 4) is 11.4 Å². The number of aromatic nitrogens is 3. The molecule has 1 aromatic heterocycles. The van der Waals surface area contributed by atoms with Crippen molar-refractivity contribution in [2.24, 2.45) is 11.8 Å². The Bertz CT molecular complexity index is 794. The number of rotatable bonds is 5. The van der Waals surface area contributed by atoms with Gasteiger partial charge in [-0.1, -0.05) is 37.1 Å². The number of methoxy groups -OCH3 is 1. The number of hydrogen-bond acceptors (Lipinski definition) is 5. The van der Waals surface area contributed by atoms with Crippen molar-refractivity contribution >= 4 is 17.7 Å². The standard InChI is InChI=1S/C20H26N4O2S/c1-26-18-8-4-7-17(11-18)24-14-21-22-20(24)27-13-19(25)23-10-9-15-5-2-3-6-16(15)12-23/h4,7-8,11,14-16H,2-3,5-6,9-10,12-13H2,1H3/t15-,16-/m1/s1. The van der Waals surface area contributed by atoms with E-state index >= 15 is 0 Å². The second-order valence-corrected chi connectivity index (χ2v) is 8.35. The first-order valence-electron chi connectivity index (χ1n) is 9.69. The molecule has 0 spiro atoms. The lowest BCUT2D eigenvalue weighted by atomic mass is 9.75. The first kappa shape index (κ1) is 18.3. The molecule has 1 aliphatic carbocycles. The molecule has 2 heterocycles. The zero-order chi connectivity index (χ0) is 18.6. The number of fused-ring (bicyclic) bond motifs is 1. The zero-order valence-electron chi connectivity index (χ0n) is 15.7. The Morgan fingerprint density at radius 1 is 1.26 bits per heavy atom. The molecule has 4 rings (SSSR count). The number of amides is 1. The lowest BCUT2D eigenvalue weighted by Crippen LogP contribution is -2.45. The maximum absolute atomic E-state index is 12.7. The fraction of sp³-hybridized carbons (Fsp3) is 0.550. The minimum Gasteiger partial charge on any atom is -0.497 e. The van der Waals surface area contributed by atoms with E-state index in [4.69, 9.17) is 4.74 Å². The summed E-state index contributed by atoms with van der Waals surface area (Å²) >= 11 is 1.45. The second-order valence-electron chi connectivity index (χ2n) is 7.41.